The van der Waals surface area contributed by atoms with E-state index in [-0.39, 0.29) is 34.8 Å². The second-order valence-corrected chi connectivity index (χ2v) is 4.65. The highest BCUT2D eigenvalue weighted by Gasteiger charge is 2.25. The molecular formula is C16H14N2O4. The molecule has 0 fully saturated rings. The Balaban J connectivity index is 2.44. The Morgan fingerprint density at radius 3 is 2.68 bits per heavy atom. The lowest BCUT2D eigenvalue weighted by Crippen LogP contribution is -2.08. The summed E-state index contributed by atoms with van der Waals surface area (Å²) in [6.07, 6.45) is 2.58. The predicted octanol–water partition coefficient (Wildman–Crippen LogP) is 2.60. The molecule has 0 aliphatic heterocycles. The van der Waals surface area contributed by atoms with Crippen LogP contribution in [0, 0.1) is 6.92 Å². The maximum absolute atomic E-state index is 11.8. The van der Waals surface area contributed by atoms with Gasteiger partial charge in [-0.3, -0.25) is 9.78 Å². The van der Waals surface area contributed by atoms with Crippen LogP contribution in [0.5, 0.6) is 0 Å². The number of carbonyl (C=O) groups excluding carboxylic acids is 1. The van der Waals surface area contributed by atoms with Crippen molar-refractivity contribution in [2.45, 2.75) is 13.3 Å². The van der Waals surface area contributed by atoms with E-state index in [1.165, 1.54) is 12.3 Å². The molecule has 22 heavy (non-hydrogen) atoms. The van der Waals surface area contributed by atoms with Crippen molar-refractivity contribution in [1.82, 2.24) is 10.1 Å². The van der Waals surface area contributed by atoms with Gasteiger partial charge < -0.3 is 9.63 Å². The minimum atomic E-state index is -1.22. The van der Waals surface area contributed by atoms with Crippen LogP contribution in [0.1, 0.15) is 21.8 Å². The monoisotopic (exact) mass is 298 g/mol. The number of hydrogen-bond acceptors (Lipinski definition) is 5. The number of aromatic carboxylic acids is 1. The molecule has 0 spiro atoms. The summed E-state index contributed by atoms with van der Waals surface area (Å²) in [5, 5.41) is 13.2. The van der Waals surface area contributed by atoms with E-state index in [0.29, 0.717) is 5.56 Å². The van der Waals surface area contributed by atoms with Crippen molar-refractivity contribution in [3.63, 3.8) is 0 Å². The van der Waals surface area contributed by atoms with Crippen molar-refractivity contribution in [1.29, 1.82) is 0 Å². The zero-order valence-electron chi connectivity index (χ0n) is 12.0. The average molecular weight is 298 g/mol. The van der Waals surface area contributed by atoms with Gasteiger partial charge in [0.2, 0.25) is 0 Å². The highest BCUT2D eigenvalue weighted by molar-refractivity contribution is 6.01. The molecule has 2 aromatic heterocycles. The first-order valence-corrected chi connectivity index (χ1v) is 6.43. The van der Waals surface area contributed by atoms with E-state index in [2.05, 4.69) is 23.3 Å². The number of Topliss-reactive ketones (excluding diaryl/α,β-unsaturated/α-hetero) is 1. The molecule has 0 saturated heterocycles. The minimum absolute atomic E-state index is 0.0175. The number of nitrogens with zero attached hydrogens (tertiary/aromatic N) is 2. The van der Waals surface area contributed by atoms with Crippen molar-refractivity contribution < 1.29 is 19.2 Å². The lowest BCUT2D eigenvalue weighted by molar-refractivity contribution is -0.114. The molecule has 6 nitrogen and oxygen atoms in total. The largest absolute Gasteiger partial charge is 0.477 e. The smallest absolute Gasteiger partial charge is 0.341 e. The van der Waals surface area contributed by atoms with Crippen LogP contribution in [0.2, 0.25) is 0 Å². The predicted molar refractivity (Wildman–Crippen MR) is 79.5 cm³/mol. The Bertz CT molecular complexity index is 757. The summed E-state index contributed by atoms with van der Waals surface area (Å²) in [7, 11) is 0. The molecule has 0 aromatic carbocycles. The topological polar surface area (TPSA) is 93.3 Å². The van der Waals surface area contributed by atoms with Crippen molar-refractivity contribution in [2.24, 2.45) is 0 Å². The van der Waals surface area contributed by atoms with E-state index < -0.39 is 5.97 Å². The first-order chi connectivity index (χ1) is 10.4. The highest BCUT2D eigenvalue weighted by atomic mass is 16.5. The Kier molecular flexibility index (Phi) is 4.31. The van der Waals surface area contributed by atoms with Crippen molar-refractivity contribution in [3.05, 3.63) is 60.2 Å². The van der Waals surface area contributed by atoms with E-state index >= 15 is 0 Å². The second-order valence-electron chi connectivity index (χ2n) is 4.65. The van der Waals surface area contributed by atoms with Crippen LogP contribution >= 0.6 is 0 Å². The first-order valence-electron chi connectivity index (χ1n) is 6.43. The molecule has 0 aliphatic carbocycles. The van der Waals surface area contributed by atoms with Crippen LogP contribution in [0.3, 0.4) is 0 Å². The number of allylic oxidation sites excluding steroid dienone is 2. The van der Waals surface area contributed by atoms with E-state index in [4.69, 9.17) is 4.52 Å². The third kappa shape index (κ3) is 3.01. The van der Waals surface area contributed by atoms with E-state index in [1.54, 1.807) is 12.1 Å². The van der Waals surface area contributed by atoms with Crippen LogP contribution in [-0.4, -0.2) is 27.0 Å². The molecular weight excluding hydrogens is 284 g/mol. The minimum Gasteiger partial charge on any atom is -0.477 e. The number of pyridine rings is 1. The number of carboxylic acid groups (broad SMARTS) is 1. The molecule has 0 radical (unpaired) electrons. The number of ketones is 1. The number of carboxylic acids is 1. The van der Waals surface area contributed by atoms with Crippen molar-refractivity contribution in [3.8, 4) is 11.3 Å². The molecule has 0 amide bonds. The standard InChI is InChI=1S/C16H14N2O4/c1-4-9(2)12(19)7-13-14(16(20)21)15(18-22-13)11-6-5-10(3)17-8-11/h4-6,8H,1-2,7H2,3H3,(H,20,21). The Morgan fingerprint density at radius 2 is 2.14 bits per heavy atom. The Morgan fingerprint density at radius 1 is 1.41 bits per heavy atom. The third-order valence-electron chi connectivity index (χ3n) is 3.09. The van der Waals surface area contributed by atoms with Gasteiger partial charge in [0.1, 0.15) is 11.3 Å². The van der Waals surface area contributed by atoms with Gasteiger partial charge in [-0.25, -0.2) is 4.79 Å². The summed E-state index contributed by atoms with van der Waals surface area (Å²) in [6.45, 7) is 8.80. The van der Waals surface area contributed by atoms with Crippen LogP contribution in [0.25, 0.3) is 11.3 Å². The molecule has 1 N–H and O–H groups in total. The zero-order valence-corrected chi connectivity index (χ0v) is 12.0. The fourth-order valence-corrected chi connectivity index (χ4v) is 1.84. The molecule has 2 rings (SSSR count). The van der Waals surface area contributed by atoms with E-state index in [9.17, 15) is 14.7 Å². The molecule has 0 atom stereocenters. The molecule has 112 valence electrons. The zero-order chi connectivity index (χ0) is 16.3. The number of aromatic nitrogens is 2. The summed E-state index contributed by atoms with van der Waals surface area (Å²) in [4.78, 5) is 27.4. The maximum atomic E-state index is 11.8. The summed E-state index contributed by atoms with van der Waals surface area (Å²) >= 11 is 0. The summed E-state index contributed by atoms with van der Waals surface area (Å²) < 4.78 is 5.05. The summed E-state index contributed by atoms with van der Waals surface area (Å²) in [5.41, 5.74) is 1.49. The van der Waals surface area contributed by atoms with Gasteiger partial charge in [0.15, 0.2) is 11.5 Å². The average Bonchev–Trinajstić information content (AvgIpc) is 2.90. The van der Waals surface area contributed by atoms with Gasteiger partial charge in [0.05, 0.1) is 6.42 Å². The Labute approximate surface area is 126 Å². The second kappa shape index (κ2) is 6.17. The third-order valence-corrected chi connectivity index (χ3v) is 3.09. The van der Waals surface area contributed by atoms with Crippen LogP contribution in [0.15, 0.2) is 47.7 Å². The van der Waals surface area contributed by atoms with E-state index in [1.807, 2.05) is 6.92 Å². The molecule has 0 unspecified atom stereocenters. The number of aryl methyl sites for hydroxylation is 1. The fraction of sp³-hybridized carbons (Fsp3) is 0.125. The molecule has 0 bridgehead atoms. The molecule has 0 saturated carbocycles. The normalized spacial score (nSPS) is 10.2. The SMILES string of the molecule is C=CC(=C)C(=O)Cc1onc(-c2ccc(C)nc2)c1C(=O)O. The molecule has 2 heterocycles. The first kappa shape index (κ1) is 15.4. The van der Waals surface area contributed by atoms with E-state index in [0.717, 1.165) is 5.69 Å². The lowest BCUT2D eigenvalue weighted by Gasteiger charge is -2.00. The molecule has 2 aromatic rings. The maximum Gasteiger partial charge on any atom is 0.341 e. The van der Waals surface area contributed by atoms with Gasteiger partial charge in [0, 0.05) is 23.0 Å². The molecule has 6 heteroatoms. The van der Waals surface area contributed by atoms with Crippen molar-refractivity contribution >= 4 is 11.8 Å². The van der Waals surface area contributed by atoms with Gasteiger partial charge >= 0.3 is 5.97 Å². The fourth-order valence-electron chi connectivity index (χ4n) is 1.84. The number of hydrogen-bond donors (Lipinski definition) is 1. The highest BCUT2D eigenvalue weighted by Crippen LogP contribution is 2.26. The molecule has 0 aliphatic rings. The van der Waals surface area contributed by atoms with Crippen LogP contribution < -0.4 is 0 Å². The van der Waals surface area contributed by atoms with Gasteiger partial charge in [-0.05, 0) is 19.1 Å². The van der Waals surface area contributed by atoms with Gasteiger partial charge in [-0.2, -0.15) is 0 Å². The van der Waals surface area contributed by atoms with Crippen molar-refractivity contribution in [2.75, 3.05) is 0 Å². The number of carbonyl (C=O) groups is 2. The van der Waals surface area contributed by atoms with Gasteiger partial charge in [-0.15, -0.1) is 0 Å². The van der Waals surface area contributed by atoms with Gasteiger partial charge in [-0.1, -0.05) is 24.4 Å². The number of rotatable bonds is 6. The Hall–Kier alpha value is -3.02. The summed E-state index contributed by atoms with van der Waals surface area (Å²) in [5.74, 6) is -1.61. The van der Waals surface area contributed by atoms with Gasteiger partial charge in [0.25, 0.3) is 0 Å². The van der Waals surface area contributed by atoms with Crippen LogP contribution in [-0.2, 0) is 11.2 Å². The summed E-state index contributed by atoms with van der Waals surface area (Å²) in [6, 6.07) is 3.43. The quantitative estimate of drug-likeness (QED) is 0.650. The lowest BCUT2D eigenvalue weighted by atomic mass is 10.0. The van der Waals surface area contributed by atoms with Crippen LogP contribution in [0.4, 0.5) is 0 Å².